The van der Waals surface area contributed by atoms with Gasteiger partial charge in [0, 0.05) is 13.1 Å². The fourth-order valence-electron chi connectivity index (χ4n) is 1.46. The van der Waals surface area contributed by atoms with Gasteiger partial charge in [-0.1, -0.05) is 18.2 Å². The topological polar surface area (TPSA) is 12.5 Å². The molecule has 0 radical (unpaired) electrons. The summed E-state index contributed by atoms with van der Waals surface area (Å²) >= 11 is 0. The lowest BCUT2D eigenvalue weighted by Crippen LogP contribution is -2.35. The first-order valence-electron chi connectivity index (χ1n) is 5.14. The molecule has 0 atom stereocenters. The van der Waals surface area contributed by atoms with Gasteiger partial charge in [0.1, 0.15) is 5.83 Å². The molecule has 0 aromatic rings. The number of morpholine rings is 1. The molecule has 0 aliphatic carbocycles. The highest BCUT2D eigenvalue weighted by Gasteiger charge is 2.13. The molecular formula is C12H18FNO. The third kappa shape index (κ3) is 3.88. The number of hydrogen-bond acceptors (Lipinski definition) is 2. The highest BCUT2D eigenvalue weighted by Crippen LogP contribution is 2.15. The Bertz CT molecular complexity index is 284. The molecule has 0 aromatic heterocycles. The van der Waals surface area contributed by atoms with Crippen LogP contribution in [0.5, 0.6) is 0 Å². The molecule has 0 bridgehead atoms. The van der Waals surface area contributed by atoms with Crippen molar-refractivity contribution in [2.45, 2.75) is 13.8 Å². The van der Waals surface area contributed by atoms with Crippen LogP contribution < -0.4 is 0 Å². The van der Waals surface area contributed by atoms with E-state index in [-0.39, 0.29) is 5.83 Å². The van der Waals surface area contributed by atoms with Crippen molar-refractivity contribution < 1.29 is 9.13 Å². The number of rotatable bonds is 3. The monoisotopic (exact) mass is 211 g/mol. The van der Waals surface area contributed by atoms with Crippen LogP contribution in [0.4, 0.5) is 4.39 Å². The van der Waals surface area contributed by atoms with Gasteiger partial charge in [-0.15, -0.1) is 0 Å². The fourth-order valence-corrected chi connectivity index (χ4v) is 1.46. The molecule has 3 heteroatoms. The smallest absolute Gasteiger partial charge is 0.120 e. The second kappa shape index (κ2) is 5.71. The van der Waals surface area contributed by atoms with Gasteiger partial charge in [-0.25, -0.2) is 4.39 Å². The molecule has 1 saturated heterocycles. The Balaban J connectivity index is 2.74. The van der Waals surface area contributed by atoms with Crippen molar-refractivity contribution in [1.29, 1.82) is 0 Å². The lowest BCUT2D eigenvalue weighted by molar-refractivity contribution is 0.0542. The van der Waals surface area contributed by atoms with Gasteiger partial charge in [-0.3, -0.25) is 0 Å². The minimum atomic E-state index is -0.158. The standard InChI is InChI=1S/C12H18FNO/c1-10(2)4-5-12(11(3)13)14-6-8-15-9-7-14/h4-5H,1,6-9H2,2-3H3/b5-4-,12-11-. The summed E-state index contributed by atoms with van der Waals surface area (Å²) in [7, 11) is 0. The summed E-state index contributed by atoms with van der Waals surface area (Å²) in [6, 6.07) is 0. The summed E-state index contributed by atoms with van der Waals surface area (Å²) in [5, 5.41) is 0. The summed E-state index contributed by atoms with van der Waals surface area (Å²) in [6.45, 7) is 9.95. The number of nitrogens with zero attached hydrogens (tertiary/aromatic N) is 1. The quantitative estimate of drug-likeness (QED) is 0.665. The average molecular weight is 211 g/mol. The lowest BCUT2D eigenvalue weighted by atomic mass is 10.2. The van der Waals surface area contributed by atoms with Gasteiger partial charge in [0.05, 0.1) is 18.9 Å². The van der Waals surface area contributed by atoms with E-state index in [1.54, 1.807) is 6.08 Å². The maximum absolute atomic E-state index is 13.3. The molecule has 0 spiro atoms. The molecule has 84 valence electrons. The van der Waals surface area contributed by atoms with E-state index >= 15 is 0 Å². The lowest BCUT2D eigenvalue weighted by Gasteiger charge is -2.29. The van der Waals surface area contributed by atoms with E-state index in [0.29, 0.717) is 18.9 Å². The molecule has 1 aliphatic rings. The summed E-state index contributed by atoms with van der Waals surface area (Å²) < 4.78 is 18.5. The van der Waals surface area contributed by atoms with Gasteiger partial charge >= 0.3 is 0 Å². The Kier molecular flexibility index (Phi) is 4.56. The molecule has 0 amide bonds. The second-order valence-corrected chi connectivity index (χ2v) is 3.70. The molecule has 1 fully saturated rings. The molecule has 1 rings (SSSR count). The van der Waals surface area contributed by atoms with Crippen molar-refractivity contribution in [3.8, 4) is 0 Å². The predicted octanol–water partition coefficient (Wildman–Crippen LogP) is 2.65. The van der Waals surface area contributed by atoms with Gasteiger partial charge in [-0.2, -0.15) is 0 Å². The van der Waals surface area contributed by atoms with Crippen LogP contribution in [-0.2, 0) is 4.74 Å². The zero-order valence-corrected chi connectivity index (χ0v) is 9.42. The Labute approximate surface area is 90.7 Å². The molecule has 0 saturated carbocycles. The summed E-state index contributed by atoms with van der Waals surface area (Å²) in [6.07, 6.45) is 3.61. The van der Waals surface area contributed by atoms with Gasteiger partial charge in [0.2, 0.25) is 0 Å². The number of hydrogen-bond donors (Lipinski definition) is 0. The first kappa shape index (κ1) is 12.0. The van der Waals surface area contributed by atoms with Gasteiger partial charge in [0.15, 0.2) is 0 Å². The van der Waals surface area contributed by atoms with Crippen molar-refractivity contribution in [3.63, 3.8) is 0 Å². The van der Waals surface area contributed by atoms with Crippen LogP contribution in [0.15, 0.2) is 35.8 Å². The van der Waals surface area contributed by atoms with Crippen LogP contribution in [0, 0.1) is 0 Å². The van der Waals surface area contributed by atoms with Crippen molar-refractivity contribution >= 4 is 0 Å². The van der Waals surface area contributed by atoms with Crippen molar-refractivity contribution in [1.82, 2.24) is 4.90 Å². The molecule has 2 nitrogen and oxygen atoms in total. The van der Waals surface area contributed by atoms with Crippen molar-refractivity contribution in [2.75, 3.05) is 26.3 Å². The van der Waals surface area contributed by atoms with E-state index < -0.39 is 0 Å². The molecule has 0 unspecified atom stereocenters. The van der Waals surface area contributed by atoms with Gasteiger partial charge in [-0.05, 0) is 19.9 Å². The van der Waals surface area contributed by atoms with Crippen LogP contribution in [0.25, 0.3) is 0 Å². The third-order valence-electron chi connectivity index (χ3n) is 2.23. The molecule has 15 heavy (non-hydrogen) atoms. The second-order valence-electron chi connectivity index (χ2n) is 3.70. The van der Waals surface area contributed by atoms with E-state index in [0.717, 1.165) is 18.7 Å². The van der Waals surface area contributed by atoms with E-state index in [9.17, 15) is 4.39 Å². The molecule has 0 N–H and O–H groups in total. The SMILES string of the molecule is C=C(C)/C=C\C(=C(/C)F)N1CCOCC1. The van der Waals surface area contributed by atoms with E-state index in [1.165, 1.54) is 6.92 Å². The Hall–Kier alpha value is -1.09. The molecule has 0 aromatic carbocycles. The van der Waals surface area contributed by atoms with Crippen LogP contribution >= 0.6 is 0 Å². The minimum absolute atomic E-state index is 0.158. The number of halogens is 1. The normalized spacial score (nSPS) is 19.3. The zero-order valence-electron chi connectivity index (χ0n) is 9.42. The fraction of sp³-hybridized carbons (Fsp3) is 0.500. The first-order chi connectivity index (χ1) is 7.11. The number of allylic oxidation sites excluding steroid dienone is 4. The maximum Gasteiger partial charge on any atom is 0.120 e. The molecular weight excluding hydrogens is 193 g/mol. The molecule has 1 aliphatic heterocycles. The largest absolute Gasteiger partial charge is 0.378 e. The van der Waals surface area contributed by atoms with Gasteiger partial charge < -0.3 is 9.64 Å². The average Bonchev–Trinajstić information content (AvgIpc) is 2.18. The summed E-state index contributed by atoms with van der Waals surface area (Å²) in [4.78, 5) is 2.00. The highest BCUT2D eigenvalue weighted by molar-refractivity contribution is 5.26. The molecule has 1 heterocycles. The van der Waals surface area contributed by atoms with E-state index in [1.807, 2.05) is 17.9 Å². The third-order valence-corrected chi connectivity index (χ3v) is 2.23. The van der Waals surface area contributed by atoms with Crippen LogP contribution in [0.2, 0.25) is 0 Å². The highest BCUT2D eigenvalue weighted by atomic mass is 19.1. The van der Waals surface area contributed by atoms with Crippen LogP contribution in [0.3, 0.4) is 0 Å². The van der Waals surface area contributed by atoms with Crippen LogP contribution in [0.1, 0.15) is 13.8 Å². The maximum atomic E-state index is 13.3. The summed E-state index contributed by atoms with van der Waals surface area (Å²) in [5.41, 5.74) is 1.56. The van der Waals surface area contributed by atoms with E-state index in [4.69, 9.17) is 4.74 Å². The Morgan fingerprint density at radius 2 is 1.87 bits per heavy atom. The first-order valence-corrected chi connectivity index (χ1v) is 5.14. The van der Waals surface area contributed by atoms with E-state index in [2.05, 4.69) is 6.58 Å². The van der Waals surface area contributed by atoms with Crippen molar-refractivity contribution in [3.05, 3.63) is 35.8 Å². The Morgan fingerprint density at radius 3 is 2.33 bits per heavy atom. The number of ether oxygens (including phenoxy) is 1. The van der Waals surface area contributed by atoms with Gasteiger partial charge in [0.25, 0.3) is 0 Å². The predicted molar refractivity (Wildman–Crippen MR) is 60.2 cm³/mol. The minimum Gasteiger partial charge on any atom is -0.378 e. The Morgan fingerprint density at radius 1 is 1.27 bits per heavy atom. The zero-order chi connectivity index (χ0) is 11.3. The summed E-state index contributed by atoms with van der Waals surface area (Å²) in [5.74, 6) is -0.158. The van der Waals surface area contributed by atoms with Crippen LogP contribution in [-0.4, -0.2) is 31.2 Å². The van der Waals surface area contributed by atoms with Crippen molar-refractivity contribution in [2.24, 2.45) is 0 Å².